The Morgan fingerprint density at radius 3 is 2.62 bits per heavy atom. The Labute approximate surface area is 129 Å². The molecule has 3 nitrogen and oxygen atoms in total. The molecular formula is C15H15BrF2N2O. The molecule has 0 radical (unpaired) electrons. The third-order valence-electron chi connectivity index (χ3n) is 4.19. The number of carbonyl (C=O) groups excluding carboxylic acids is 1. The number of allylic oxidation sites excluding steroid dienone is 1. The van der Waals surface area contributed by atoms with Crippen LogP contribution in [0.1, 0.15) is 32.3 Å². The molecule has 1 aromatic rings. The van der Waals surface area contributed by atoms with Gasteiger partial charge in [0.05, 0.1) is 0 Å². The van der Waals surface area contributed by atoms with E-state index in [1.54, 1.807) is 25.1 Å². The van der Waals surface area contributed by atoms with Crippen molar-refractivity contribution in [3.63, 3.8) is 0 Å². The molecule has 1 saturated carbocycles. The lowest BCUT2D eigenvalue weighted by Gasteiger charge is -2.44. The lowest BCUT2D eigenvalue weighted by molar-refractivity contribution is -0.0560. The molecule has 0 bridgehead atoms. The monoisotopic (exact) mass is 356 g/mol. The van der Waals surface area contributed by atoms with Crippen molar-refractivity contribution in [2.45, 2.75) is 38.2 Å². The number of hydrogen-bond acceptors (Lipinski definition) is 1. The lowest BCUT2D eigenvalue weighted by Crippen LogP contribution is -2.61. The molecule has 21 heavy (non-hydrogen) atoms. The summed E-state index contributed by atoms with van der Waals surface area (Å²) in [6, 6.07) is 4.39. The highest BCUT2D eigenvalue weighted by Crippen LogP contribution is 2.51. The highest BCUT2D eigenvalue weighted by molar-refractivity contribution is 9.10. The average molecular weight is 357 g/mol. The van der Waals surface area contributed by atoms with Crippen LogP contribution in [0.15, 0.2) is 33.8 Å². The van der Waals surface area contributed by atoms with Gasteiger partial charge >= 0.3 is 6.03 Å². The summed E-state index contributed by atoms with van der Waals surface area (Å²) in [5.41, 5.74) is 0.572. The summed E-state index contributed by atoms with van der Waals surface area (Å²) in [5.74, 6) is -3.12. The number of rotatable bonds is 2. The second-order valence-corrected chi connectivity index (χ2v) is 6.55. The number of urea groups is 1. The van der Waals surface area contributed by atoms with Crippen LogP contribution in [0.25, 0.3) is 0 Å². The molecule has 1 aliphatic carbocycles. The molecule has 1 heterocycles. The first-order valence-corrected chi connectivity index (χ1v) is 7.51. The van der Waals surface area contributed by atoms with Gasteiger partial charge in [-0.3, -0.25) is 0 Å². The summed E-state index contributed by atoms with van der Waals surface area (Å²) in [6.45, 7) is 2.55. The van der Waals surface area contributed by atoms with E-state index < -0.39 is 17.5 Å². The number of nitrogens with one attached hydrogen (secondary N) is 2. The van der Waals surface area contributed by atoms with Gasteiger partial charge in [-0.15, -0.1) is 0 Å². The maximum atomic E-state index is 14.6. The summed E-state index contributed by atoms with van der Waals surface area (Å²) in [4.78, 5) is 12.0. The van der Waals surface area contributed by atoms with E-state index in [0.29, 0.717) is 16.8 Å². The molecule has 3 rings (SSSR count). The zero-order valence-electron chi connectivity index (χ0n) is 11.7. The molecule has 2 N–H and O–H groups in total. The fourth-order valence-electron chi connectivity index (χ4n) is 3.01. The second-order valence-electron chi connectivity index (χ2n) is 5.64. The SMILES string of the molecule is CC(=C1CC1)[C@]1(C(C)(F)F)NC(=O)Nc2cc(Br)ccc21. The van der Waals surface area contributed by atoms with Crippen molar-refractivity contribution in [2.24, 2.45) is 0 Å². The number of fused-ring (bicyclic) bond motifs is 1. The number of hydrogen-bond donors (Lipinski definition) is 2. The molecule has 0 spiro atoms. The minimum atomic E-state index is -3.12. The summed E-state index contributed by atoms with van der Waals surface area (Å²) in [5, 5.41) is 5.10. The molecule has 2 amide bonds. The number of benzene rings is 1. The topological polar surface area (TPSA) is 41.1 Å². The Hall–Kier alpha value is -1.43. The van der Waals surface area contributed by atoms with Gasteiger partial charge < -0.3 is 10.6 Å². The summed E-state index contributed by atoms with van der Waals surface area (Å²) in [6.07, 6.45) is 1.64. The largest absolute Gasteiger partial charge is 0.320 e. The van der Waals surface area contributed by atoms with Gasteiger partial charge in [-0.25, -0.2) is 13.6 Å². The third-order valence-corrected chi connectivity index (χ3v) is 4.68. The average Bonchev–Trinajstić information content (AvgIpc) is 3.18. The lowest BCUT2D eigenvalue weighted by atomic mass is 9.76. The number of halogens is 3. The van der Waals surface area contributed by atoms with Crippen LogP contribution in [0, 0.1) is 0 Å². The van der Waals surface area contributed by atoms with E-state index in [9.17, 15) is 13.6 Å². The first-order valence-electron chi connectivity index (χ1n) is 6.72. The summed E-state index contributed by atoms with van der Waals surface area (Å²) in [7, 11) is 0. The van der Waals surface area contributed by atoms with Gasteiger partial charge in [0.1, 0.15) is 0 Å². The molecule has 2 aliphatic rings. The third kappa shape index (κ3) is 2.16. The highest BCUT2D eigenvalue weighted by Gasteiger charge is 2.57. The van der Waals surface area contributed by atoms with Crippen molar-refractivity contribution < 1.29 is 13.6 Å². The van der Waals surface area contributed by atoms with E-state index in [-0.39, 0.29) is 0 Å². The van der Waals surface area contributed by atoms with Crippen LogP contribution in [0.4, 0.5) is 19.3 Å². The van der Waals surface area contributed by atoms with Gasteiger partial charge in [0.15, 0.2) is 5.54 Å². The van der Waals surface area contributed by atoms with E-state index in [1.807, 2.05) is 0 Å². The Morgan fingerprint density at radius 2 is 2.05 bits per heavy atom. The van der Waals surface area contributed by atoms with Crippen molar-refractivity contribution in [3.8, 4) is 0 Å². The van der Waals surface area contributed by atoms with E-state index in [4.69, 9.17) is 0 Å². The quantitative estimate of drug-likeness (QED) is 0.750. The Balaban J connectivity index is 2.31. The Bertz CT molecular complexity index is 660. The van der Waals surface area contributed by atoms with Crippen LogP contribution in [0.5, 0.6) is 0 Å². The molecule has 0 saturated heterocycles. The first-order chi connectivity index (χ1) is 9.75. The van der Waals surface area contributed by atoms with Crippen molar-refractivity contribution in [1.29, 1.82) is 0 Å². The van der Waals surface area contributed by atoms with Gasteiger partial charge in [0.2, 0.25) is 0 Å². The molecule has 1 atom stereocenters. The Kier molecular flexibility index (Phi) is 3.13. The Morgan fingerprint density at radius 1 is 1.38 bits per heavy atom. The maximum Gasteiger partial charge on any atom is 0.320 e. The van der Waals surface area contributed by atoms with Gasteiger partial charge in [-0.2, -0.15) is 0 Å². The minimum Gasteiger partial charge on any atom is -0.319 e. The first kappa shape index (κ1) is 14.5. The van der Waals surface area contributed by atoms with Gasteiger partial charge in [-0.05, 0) is 37.5 Å². The molecule has 1 aromatic carbocycles. The molecule has 6 heteroatoms. The van der Waals surface area contributed by atoms with Crippen LogP contribution < -0.4 is 10.6 Å². The van der Waals surface area contributed by atoms with Crippen LogP contribution in [-0.4, -0.2) is 12.0 Å². The van der Waals surface area contributed by atoms with Crippen molar-refractivity contribution in [1.82, 2.24) is 5.32 Å². The van der Waals surface area contributed by atoms with Gasteiger partial charge in [0, 0.05) is 22.6 Å². The molecule has 0 unspecified atom stereocenters. The fraction of sp³-hybridized carbons (Fsp3) is 0.400. The molecule has 1 fully saturated rings. The van der Waals surface area contributed by atoms with Crippen molar-refractivity contribution >= 4 is 27.6 Å². The van der Waals surface area contributed by atoms with Crippen LogP contribution in [0.2, 0.25) is 0 Å². The van der Waals surface area contributed by atoms with E-state index in [0.717, 1.165) is 29.8 Å². The van der Waals surface area contributed by atoms with E-state index in [2.05, 4.69) is 26.6 Å². The van der Waals surface area contributed by atoms with Gasteiger partial charge in [0.25, 0.3) is 5.92 Å². The summed E-state index contributed by atoms with van der Waals surface area (Å²) >= 11 is 3.31. The molecule has 1 aliphatic heterocycles. The second kappa shape index (κ2) is 4.53. The highest BCUT2D eigenvalue weighted by atomic mass is 79.9. The van der Waals surface area contributed by atoms with Crippen LogP contribution in [0.3, 0.4) is 0 Å². The summed E-state index contributed by atoms with van der Waals surface area (Å²) < 4.78 is 29.9. The normalized spacial score (nSPS) is 24.0. The van der Waals surface area contributed by atoms with E-state index in [1.165, 1.54) is 0 Å². The predicted octanol–water partition coefficient (Wildman–Crippen LogP) is 4.55. The molecule has 0 aromatic heterocycles. The predicted molar refractivity (Wildman–Crippen MR) is 80.5 cm³/mol. The number of anilines is 1. The van der Waals surface area contributed by atoms with Crippen LogP contribution >= 0.6 is 15.9 Å². The van der Waals surface area contributed by atoms with Gasteiger partial charge in [-0.1, -0.05) is 27.6 Å². The number of carbonyl (C=O) groups is 1. The standard InChI is InChI=1S/C15H15BrF2N2O/c1-8(9-3-4-9)15(14(2,17)18)11-6-5-10(16)7-12(11)19-13(21)20-15/h5-7H,3-4H2,1-2H3,(H2,19,20,21)/t15-/m0/s1. The molecule has 112 valence electrons. The fourth-order valence-corrected chi connectivity index (χ4v) is 3.37. The van der Waals surface area contributed by atoms with Crippen LogP contribution in [-0.2, 0) is 5.54 Å². The van der Waals surface area contributed by atoms with E-state index >= 15 is 0 Å². The minimum absolute atomic E-state index is 0.398. The zero-order valence-corrected chi connectivity index (χ0v) is 13.3. The zero-order chi connectivity index (χ0) is 15.4. The number of amides is 2. The van der Waals surface area contributed by atoms with Crippen molar-refractivity contribution in [2.75, 3.05) is 5.32 Å². The maximum absolute atomic E-state index is 14.6. The molecular weight excluding hydrogens is 342 g/mol. The van der Waals surface area contributed by atoms with Crippen molar-refractivity contribution in [3.05, 3.63) is 39.4 Å². The smallest absolute Gasteiger partial charge is 0.319 e. The number of alkyl halides is 2.